The van der Waals surface area contributed by atoms with Crippen LogP contribution in [-0.4, -0.2) is 59.7 Å². The van der Waals surface area contributed by atoms with Gasteiger partial charge in [-0.05, 0) is 66.6 Å². The predicted molar refractivity (Wildman–Crippen MR) is 178 cm³/mol. The summed E-state index contributed by atoms with van der Waals surface area (Å²) in [5.74, 6) is 0.181. The Morgan fingerprint density at radius 3 is 2.43 bits per heavy atom. The van der Waals surface area contributed by atoms with Crippen LogP contribution in [-0.2, 0) is 17.2 Å². The Labute approximate surface area is 268 Å². The number of methoxy groups -OCH3 is 1. The molecular formula is C36H39N5O5. The second-order valence-corrected chi connectivity index (χ2v) is 12.3. The Kier molecular flexibility index (Phi) is 8.64. The molecule has 1 saturated heterocycles. The molecule has 1 aliphatic carbocycles. The molecule has 46 heavy (non-hydrogen) atoms. The number of carbonyl (C=O) groups excluding carboxylic acids is 2. The van der Waals surface area contributed by atoms with Gasteiger partial charge in [0.25, 0.3) is 17.4 Å². The van der Waals surface area contributed by atoms with Gasteiger partial charge in [0, 0.05) is 54.9 Å². The minimum Gasteiger partial charge on any atom is -0.496 e. The van der Waals surface area contributed by atoms with Crippen LogP contribution < -0.4 is 20.9 Å². The third-order valence-electron chi connectivity index (χ3n) is 9.22. The molecule has 6 rings (SSSR count). The number of ether oxygens (including phenoxy) is 2. The van der Waals surface area contributed by atoms with E-state index in [4.69, 9.17) is 9.47 Å². The van der Waals surface area contributed by atoms with Gasteiger partial charge in [-0.15, -0.1) is 0 Å². The van der Waals surface area contributed by atoms with Crippen molar-refractivity contribution in [2.24, 2.45) is 7.05 Å². The average molecular weight is 622 g/mol. The fourth-order valence-electron chi connectivity index (χ4n) is 6.10. The van der Waals surface area contributed by atoms with E-state index in [1.54, 1.807) is 36.3 Å². The van der Waals surface area contributed by atoms with Gasteiger partial charge in [-0.25, -0.2) is 4.98 Å². The molecule has 2 fully saturated rings. The highest BCUT2D eigenvalue weighted by atomic mass is 16.5. The van der Waals surface area contributed by atoms with E-state index in [9.17, 15) is 14.4 Å². The molecule has 0 bridgehead atoms. The van der Waals surface area contributed by atoms with E-state index < -0.39 is 0 Å². The van der Waals surface area contributed by atoms with Gasteiger partial charge in [-0.1, -0.05) is 37.6 Å². The Bertz CT molecular complexity index is 1840. The molecule has 3 aromatic carbocycles. The lowest BCUT2D eigenvalue weighted by Gasteiger charge is -2.39. The third kappa shape index (κ3) is 6.12. The number of aromatic nitrogens is 2. The van der Waals surface area contributed by atoms with Gasteiger partial charge < -0.3 is 29.6 Å². The molecule has 4 aromatic rings. The van der Waals surface area contributed by atoms with Crippen molar-refractivity contribution < 1.29 is 19.1 Å². The molecule has 10 nitrogen and oxygen atoms in total. The van der Waals surface area contributed by atoms with Crippen LogP contribution in [0.5, 0.6) is 5.75 Å². The minimum atomic E-state index is -0.322. The molecule has 2 heterocycles. The van der Waals surface area contributed by atoms with Gasteiger partial charge in [0.1, 0.15) is 5.75 Å². The zero-order valence-corrected chi connectivity index (χ0v) is 26.7. The van der Waals surface area contributed by atoms with Crippen LogP contribution in [0.2, 0.25) is 0 Å². The van der Waals surface area contributed by atoms with Crippen molar-refractivity contribution >= 4 is 29.0 Å². The lowest BCUT2D eigenvalue weighted by molar-refractivity contribution is 0.0301. The summed E-state index contributed by atoms with van der Waals surface area (Å²) < 4.78 is 12.4. The highest BCUT2D eigenvalue weighted by Crippen LogP contribution is 2.43. The number of nitrogens with one attached hydrogen (secondary N) is 2. The number of amides is 2. The summed E-state index contributed by atoms with van der Waals surface area (Å²) in [5, 5.41) is 6.17. The average Bonchev–Trinajstić information content (AvgIpc) is 3.06. The number of aryl methyl sites for hydroxylation is 1. The van der Waals surface area contributed by atoms with Crippen molar-refractivity contribution in [2.45, 2.75) is 38.5 Å². The molecule has 10 heteroatoms. The number of morpholine rings is 1. The number of nitrogens with zero attached hydrogens (tertiary/aromatic N) is 3. The van der Waals surface area contributed by atoms with Crippen molar-refractivity contribution in [3.63, 3.8) is 0 Å². The van der Waals surface area contributed by atoms with E-state index in [-0.39, 0.29) is 28.6 Å². The Morgan fingerprint density at radius 1 is 1.02 bits per heavy atom. The van der Waals surface area contributed by atoms with E-state index in [1.165, 1.54) is 36.5 Å². The molecule has 0 spiro atoms. The summed E-state index contributed by atoms with van der Waals surface area (Å²) >= 11 is 0. The molecule has 1 aromatic heterocycles. The molecule has 238 valence electrons. The zero-order chi connectivity index (χ0) is 32.4. The first-order valence-corrected chi connectivity index (χ1v) is 15.6. The third-order valence-corrected chi connectivity index (χ3v) is 9.22. The predicted octanol–water partition coefficient (Wildman–Crippen LogP) is 5.67. The molecule has 2 N–H and O–H groups in total. The number of hydrogen-bond acceptors (Lipinski definition) is 7. The number of hydrogen-bond donors (Lipinski definition) is 2. The van der Waals surface area contributed by atoms with Crippen molar-refractivity contribution in [2.75, 3.05) is 44.0 Å². The van der Waals surface area contributed by atoms with Gasteiger partial charge in [0.2, 0.25) is 0 Å². The first-order valence-electron chi connectivity index (χ1n) is 15.6. The van der Waals surface area contributed by atoms with E-state index >= 15 is 0 Å². The largest absolute Gasteiger partial charge is 0.496 e. The molecule has 2 amide bonds. The summed E-state index contributed by atoms with van der Waals surface area (Å²) in [4.78, 5) is 45.9. The summed E-state index contributed by atoms with van der Waals surface area (Å²) in [6.07, 6.45) is 5.28. The zero-order valence-electron chi connectivity index (χ0n) is 26.7. The van der Waals surface area contributed by atoms with Crippen molar-refractivity contribution in [3.8, 4) is 17.0 Å². The number of rotatable bonds is 8. The number of anilines is 3. The standard InChI is InChI=1S/C36H39N5O5/c1-23-27(7-5-8-29(23)39-33(42)24-9-11-25(12-10-24)36(2)15-6-16-36)30-22-40(3)35(44)32(38-30)37-26-13-14-28(31(21-26)45-4)34(43)41-17-19-46-20-18-41/h5,7-14,21-22H,6,15-20H2,1-4H3,(H,37,38)(H,39,42). The molecule has 1 aliphatic heterocycles. The van der Waals surface area contributed by atoms with Gasteiger partial charge in [0.15, 0.2) is 5.82 Å². The smallest absolute Gasteiger partial charge is 0.293 e. The van der Waals surface area contributed by atoms with E-state index in [0.29, 0.717) is 60.2 Å². The SMILES string of the molecule is COc1cc(Nc2nc(-c3cccc(NC(=O)c4ccc(C5(C)CCC5)cc4)c3C)cn(C)c2=O)ccc1C(=O)N1CCOCC1. The maximum absolute atomic E-state index is 13.2. The quantitative estimate of drug-likeness (QED) is 0.260. The number of benzene rings is 3. The Hall–Kier alpha value is -4.96. The monoisotopic (exact) mass is 621 g/mol. The second-order valence-electron chi connectivity index (χ2n) is 12.3. The molecule has 0 atom stereocenters. The van der Waals surface area contributed by atoms with Gasteiger partial charge in [-0.3, -0.25) is 14.4 Å². The highest BCUT2D eigenvalue weighted by molar-refractivity contribution is 6.05. The lowest BCUT2D eigenvalue weighted by Crippen LogP contribution is -2.40. The molecule has 1 saturated carbocycles. The van der Waals surface area contributed by atoms with Crippen LogP contribution in [0.4, 0.5) is 17.2 Å². The summed E-state index contributed by atoms with van der Waals surface area (Å²) in [5.41, 5.74) is 5.55. The Morgan fingerprint density at radius 2 is 1.76 bits per heavy atom. The second kappa shape index (κ2) is 12.8. The van der Waals surface area contributed by atoms with Crippen LogP contribution in [0.25, 0.3) is 11.3 Å². The fourth-order valence-corrected chi connectivity index (χ4v) is 6.10. The maximum atomic E-state index is 13.2. The molecule has 0 radical (unpaired) electrons. The van der Waals surface area contributed by atoms with E-state index in [0.717, 1.165) is 11.1 Å². The van der Waals surface area contributed by atoms with Crippen LogP contribution in [0.3, 0.4) is 0 Å². The summed E-state index contributed by atoms with van der Waals surface area (Å²) in [6.45, 7) is 6.23. The van der Waals surface area contributed by atoms with Crippen molar-refractivity contribution in [1.82, 2.24) is 14.5 Å². The van der Waals surface area contributed by atoms with E-state index in [2.05, 4.69) is 34.7 Å². The van der Waals surface area contributed by atoms with Crippen LogP contribution >= 0.6 is 0 Å². The van der Waals surface area contributed by atoms with Crippen molar-refractivity contribution in [3.05, 3.63) is 99.5 Å². The summed E-state index contributed by atoms with van der Waals surface area (Å²) in [7, 11) is 3.17. The van der Waals surface area contributed by atoms with Crippen molar-refractivity contribution in [1.29, 1.82) is 0 Å². The summed E-state index contributed by atoms with van der Waals surface area (Å²) in [6, 6.07) is 18.6. The maximum Gasteiger partial charge on any atom is 0.293 e. The molecule has 2 aliphatic rings. The van der Waals surface area contributed by atoms with Gasteiger partial charge in [-0.2, -0.15) is 0 Å². The first-order chi connectivity index (χ1) is 22.2. The molecular weight excluding hydrogens is 582 g/mol. The Balaban J connectivity index is 1.23. The van der Waals surface area contributed by atoms with E-state index in [1.807, 2.05) is 37.3 Å². The van der Waals surface area contributed by atoms with Crippen LogP contribution in [0.15, 0.2) is 71.7 Å². The molecule has 0 unspecified atom stereocenters. The highest BCUT2D eigenvalue weighted by Gasteiger charge is 2.33. The fraction of sp³-hybridized carbons (Fsp3) is 0.333. The minimum absolute atomic E-state index is 0.114. The first kappa shape index (κ1) is 31.0. The van der Waals surface area contributed by atoms with Gasteiger partial charge >= 0.3 is 0 Å². The lowest BCUT2D eigenvalue weighted by atomic mass is 9.66. The topological polar surface area (TPSA) is 115 Å². The van der Waals surface area contributed by atoms with Gasteiger partial charge in [0.05, 0.1) is 31.6 Å². The normalized spacial score (nSPS) is 15.5. The number of carbonyl (C=O) groups is 2. The van der Waals surface area contributed by atoms with Crippen LogP contribution in [0, 0.1) is 6.92 Å². The van der Waals surface area contributed by atoms with Crippen LogP contribution in [0.1, 0.15) is 58.0 Å².